The monoisotopic (exact) mass is 1770 g/mol. The first kappa shape index (κ1) is 95.0. The zero-order valence-corrected chi connectivity index (χ0v) is 71.1. The number of ether oxygens (including phenoxy) is 6. The number of aromatic amines is 3. The van der Waals surface area contributed by atoms with E-state index in [1.54, 1.807) is 57.2 Å². The van der Waals surface area contributed by atoms with Gasteiger partial charge in [0.05, 0.1) is 75.9 Å². The SMILES string of the molecule is CCCCOC(=O)[C@H](C)CP(=O)(OC[C@H]1O[C@@H](n2ccc(=O)[nH]c2=S)C(C)(O)[C@H]1O)Oc1ccc(Cl)cc1.CCCCOC(=O)[C@H](C)C[P@@](=O)(OC[C@H]1O[C@@H](n2ccc(=O)[nH]c2=S)C(C)(O)[C@H]1O)Oc1ccc(Cl)cc1.CCCCOC(=O)[C@H](C)C[P@](=O)(OC[C@H]1O[C@@H](n2ccc(=O)[nH]c2=S)C(C)(O)[C@H]1O)Oc1ccc(Cl)cc1. The van der Waals surface area contributed by atoms with E-state index in [0.29, 0.717) is 34.3 Å². The van der Waals surface area contributed by atoms with Gasteiger partial charge in [0.15, 0.2) is 33.0 Å². The van der Waals surface area contributed by atoms with E-state index < -0.39 is 167 Å². The second kappa shape index (κ2) is 42.5. The molecule has 9 N–H and O–H groups in total. The number of rotatable bonds is 36. The summed E-state index contributed by atoms with van der Waals surface area (Å²) in [5.74, 6) is -3.53. The van der Waals surface area contributed by atoms with Gasteiger partial charge in [0.1, 0.15) is 70.7 Å². The van der Waals surface area contributed by atoms with Crippen LogP contribution in [0.25, 0.3) is 0 Å². The molecule has 0 radical (unpaired) electrons. The fourth-order valence-electron chi connectivity index (χ4n) is 11.5. The van der Waals surface area contributed by atoms with E-state index >= 15 is 0 Å². The molecule has 3 aliphatic rings. The van der Waals surface area contributed by atoms with Crippen LogP contribution in [-0.4, -0.2) is 189 Å². The van der Waals surface area contributed by atoms with Crippen LogP contribution >= 0.6 is 94.2 Å². The molecule has 114 heavy (non-hydrogen) atoms. The summed E-state index contributed by atoms with van der Waals surface area (Å²) in [6, 6.07) is 21.9. The Balaban J connectivity index is 0.000000237. The minimum Gasteiger partial charge on any atom is -0.465 e. The molecule has 0 amide bonds. The molecule has 0 aliphatic carbocycles. The second-order valence-corrected chi connectivity index (χ2v) is 36.4. The lowest BCUT2D eigenvalue weighted by atomic mass is 9.96. The average Bonchev–Trinajstić information content (AvgIpc) is 1.63. The molecule has 33 nitrogen and oxygen atoms in total. The van der Waals surface area contributed by atoms with Crippen LogP contribution in [-0.2, 0) is 70.1 Å². The van der Waals surface area contributed by atoms with Crippen molar-refractivity contribution in [3.63, 3.8) is 0 Å². The van der Waals surface area contributed by atoms with Crippen molar-refractivity contribution >= 4 is 112 Å². The van der Waals surface area contributed by atoms with Gasteiger partial charge >= 0.3 is 40.7 Å². The maximum Gasteiger partial charge on any atom is 0.380 e. The minimum absolute atomic E-state index is 0.0244. The molecule has 630 valence electrons. The Labute approximate surface area is 686 Å². The summed E-state index contributed by atoms with van der Waals surface area (Å²) in [5, 5.41) is 66.7. The fourth-order valence-corrected chi connectivity index (χ4v) is 18.2. The van der Waals surface area contributed by atoms with E-state index in [-0.39, 0.29) is 69.9 Å². The number of nitrogens with one attached hydrogen (secondary N) is 3. The van der Waals surface area contributed by atoms with Crippen molar-refractivity contribution in [3.8, 4) is 17.2 Å². The molecule has 6 aromatic rings. The summed E-state index contributed by atoms with van der Waals surface area (Å²) in [7, 11) is -12.1. The summed E-state index contributed by atoms with van der Waals surface area (Å²) in [6.07, 6.45) is -3.76. The Morgan fingerprint density at radius 3 is 0.886 bits per heavy atom. The van der Waals surface area contributed by atoms with Gasteiger partial charge in [-0.1, -0.05) is 95.6 Å². The van der Waals surface area contributed by atoms with E-state index in [4.69, 9.17) is 127 Å². The first-order chi connectivity index (χ1) is 53.6. The third kappa shape index (κ3) is 26.4. The van der Waals surface area contributed by atoms with E-state index in [0.717, 1.165) is 19.3 Å². The molecule has 18 atom stereocenters. The van der Waals surface area contributed by atoms with Crippen LogP contribution in [0.15, 0.2) is 124 Å². The molecule has 3 aliphatic heterocycles. The number of H-pyrrole nitrogens is 3. The van der Waals surface area contributed by atoms with Crippen molar-refractivity contribution in [1.29, 1.82) is 0 Å². The molecule has 3 aromatic carbocycles. The van der Waals surface area contributed by atoms with Crippen LogP contribution in [0.1, 0.15) is 120 Å². The highest BCUT2D eigenvalue weighted by Gasteiger charge is 2.57. The maximum atomic E-state index is 13.8. The lowest BCUT2D eigenvalue weighted by molar-refractivity contribution is -0.148. The molecule has 3 saturated heterocycles. The molecular weight excluding hydrogens is 1680 g/mol. The maximum absolute atomic E-state index is 13.8. The van der Waals surface area contributed by atoms with Crippen molar-refractivity contribution in [3.05, 3.63) is 170 Å². The Kier molecular flexibility index (Phi) is 35.4. The highest BCUT2D eigenvalue weighted by molar-refractivity contribution is 7.71. The molecule has 3 aromatic heterocycles. The van der Waals surface area contributed by atoms with Crippen LogP contribution in [0.5, 0.6) is 17.2 Å². The second-order valence-electron chi connectivity index (χ2n) is 27.8. The zero-order valence-electron chi connectivity index (χ0n) is 63.7. The van der Waals surface area contributed by atoms with Crippen LogP contribution in [0.3, 0.4) is 0 Å². The third-order valence-electron chi connectivity index (χ3n) is 18.0. The van der Waals surface area contributed by atoms with Gasteiger partial charge in [-0.15, -0.1) is 0 Å². The van der Waals surface area contributed by atoms with Gasteiger partial charge in [0.2, 0.25) is 0 Å². The quantitative estimate of drug-likeness (QED) is 0.00580. The van der Waals surface area contributed by atoms with Crippen molar-refractivity contribution in [1.82, 2.24) is 28.7 Å². The van der Waals surface area contributed by atoms with Gasteiger partial charge in [-0.3, -0.25) is 71.0 Å². The number of carbonyl (C=O) groups excluding carboxylic acids is 3. The van der Waals surface area contributed by atoms with Crippen LogP contribution in [0.2, 0.25) is 15.1 Å². The predicted molar refractivity (Wildman–Crippen MR) is 426 cm³/mol. The highest BCUT2D eigenvalue weighted by Crippen LogP contribution is 2.55. The number of benzene rings is 3. The largest absolute Gasteiger partial charge is 0.465 e. The van der Waals surface area contributed by atoms with Crippen molar-refractivity contribution in [2.45, 2.75) is 173 Å². The topological polar surface area (TPSA) is 448 Å². The van der Waals surface area contributed by atoms with Gasteiger partial charge in [0.25, 0.3) is 16.7 Å². The summed E-state index contributed by atoms with van der Waals surface area (Å²) in [6.45, 7) is 13.9. The standard InChI is InChI=1S/3C24H32ClN2O9PS/c3*1-4-5-12-33-21(30)15(2)14-37(32,36-17-8-6-16(25)7-9-17)34-13-18-20(29)24(3,31)22(35-18)27-11-10-19(28)26-23(27)38/h3*6-11,15,18,20,22,29,31H,4-5,12-14H2,1-3H3,(H,26,28,38)/t15-,18-,20+,22-,24?,37?;15-,18-,20+,22-,24?,37+;15-,18-,20+,22-,24?,37-/m111/s1. The molecule has 4 unspecified atom stereocenters. The Hall–Kier alpha value is -6.15. The normalized spacial score (nSPS) is 25.5. The van der Waals surface area contributed by atoms with Crippen LogP contribution < -0.4 is 30.2 Å². The number of aliphatic hydroxyl groups excluding tert-OH is 3. The van der Waals surface area contributed by atoms with Gasteiger partial charge in [-0.2, -0.15) is 0 Å². The summed E-state index contributed by atoms with van der Waals surface area (Å²) < 4.78 is 113. The number of unbranched alkanes of at least 4 members (excludes halogenated alkanes) is 3. The Morgan fingerprint density at radius 2 is 0.675 bits per heavy atom. The number of hydrogen-bond acceptors (Lipinski definition) is 30. The molecule has 0 spiro atoms. The van der Waals surface area contributed by atoms with Crippen LogP contribution in [0.4, 0.5) is 0 Å². The number of aromatic nitrogens is 6. The zero-order chi connectivity index (χ0) is 84.3. The van der Waals surface area contributed by atoms with E-state index in [1.807, 2.05) is 20.8 Å². The summed E-state index contributed by atoms with van der Waals surface area (Å²) >= 11 is 33.3. The van der Waals surface area contributed by atoms with Gasteiger partial charge in [0, 0.05) is 51.9 Å². The number of carbonyl (C=O) groups is 3. The van der Waals surface area contributed by atoms with Crippen molar-refractivity contribution in [2.75, 3.05) is 58.1 Å². The number of nitrogens with zero attached hydrogens (tertiary/aromatic N) is 3. The molecule has 3 fully saturated rings. The number of hydrogen-bond donors (Lipinski definition) is 9. The highest BCUT2D eigenvalue weighted by atomic mass is 35.5. The van der Waals surface area contributed by atoms with Gasteiger partial charge < -0.3 is 72.6 Å². The number of halogens is 3. The lowest BCUT2D eigenvalue weighted by Crippen LogP contribution is -2.44. The number of esters is 3. The van der Waals surface area contributed by atoms with Gasteiger partial charge in [-0.05, 0) is 149 Å². The molecule has 6 heterocycles. The minimum atomic E-state index is -4.03. The molecule has 0 saturated carbocycles. The molecule has 0 bridgehead atoms. The van der Waals surface area contributed by atoms with E-state index in [2.05, 4.69) is 15.0 Å². The number of aliphatic hydroxyl groups is 6. The van der Waals surface area contributed by atoms with Crippen molar-refractivity contribution < 1.29 is 114 Å². The Bertz CT molecular complexity index is 4260. The fraction of sp³-hybridized carbons (Fsp3) is 0.542. The lowest BCUT2D eigenvalue weighted by Gasteiger charge is -2.28. The summed E-state index contributed by atoms with van der Waals surface area (Å²) in [4.78, 5) is 79.2. The van der Waals surface area contributed by atoms with Crippen LogP contribution in [0, 0.1) is 32.1 Å². The average molecular weight is 1770 g/mol. The van der Waals surface area contributed by atoms with E-state index in [1.165, 1.54) is 108 Å². The van der Waals surface area contributed by atoms with Gasteiger partial charge in [-0.25, -0.2) is 13.7 Å². The smallest absolute Gasteiger partial charge is 0.380 e. The van der Waals surface area contributed by atoms with Crippen molar-refractivity contribution in [2.24, 2.45) is 17.8 Å². The molecular formula is C72H96Cl3N6O27P3S3. The first-order valence-electron chi connectivity index (χ1n) is 36.3. The van der Waals surface area contributed by atoms with E-state index in [9.17, 15) is 73.1 Å². The predicted octanol–water partition coefficient (Wildman–Crippen LogP) is 11.5. The first-order valence-corrected chi connectivity index (χ1v) is 43.8. The third-order valence-corrected chi connectivity index (χ3v) is 25.8. The molecule has 9 rings (SSSR count). The summed E-state index contributed by atoms with van der Waals surface area (Å²) in [5.41, 5.74) is -6.85. The Morgan fingerprint density at radius 1 is 0.447 bits per heavy atom. The molecule has 42 heteroatoms.